The summed E-state index contributed by atoms with van der Waals surface area (Å²) in [5, 5.41) is 2.50. The average Bonchev–Trinajstić information content (AvgIpc) is 3.33. The van der Waals surface area contributed by atoms with E-state index in [1.54, 1.807) is 0 Å². The van der Waals surface area contributed by atoms with Crippen molar-refractivity contribution in [1.29, 1.82) is 0 Å². The molecule has 0 bridgehead atoms. The minimum Gasteiger partial charge on any atom is -0.310 e. The topological polar surface area (TPSA) is 3.24 Å². The van der Waals surface area contributed by atoms with Crippen LogP contribution in [0.2, 0.25) is 0 Å². The van der Waals surface area contributed by atoms with Gasteiger partial charge in [-0.1, -0.05) is 212 Å². The van der Waals surface area contributed by atoms with E-state index in [9.17, 15) is 0 Å². The summed E-state index contributed by atoms with van der Waals surface area (Å²) in [6, 6.07) is 89.9. The van der Waals surface area contributed by atoms with Gasteiger partial charge in [0.1, 0.15) is 0 Å². The first-order valence-corrected chi connectivity index (χ1v) is 20.3. The summed E-state index contributed by atoms with van der Waals surface area (Å²) in [5.41, 5.74) is 17.6. The molecule has 0 radical (unpaired) electrons. The molecule has 0 aliphatic rings. The van der Waals surface area contributed by atoms with Crippen LogP contribution < -0.4 is 4.90 Å². The van der Waals surface area contributed by atoms with Gasteiger partial charge in [0.2, 0.25) is 0 Å². The lowest BCUT2D eigenvalue weighted by atomic mass is 9.87. The third-order valence-corrected chi connectivity index (χ3v) is 11.3. The third kappa shape index (κ3) is 7.12. The average molecular weight is 752 g/mol. The van der Waals surface area contributed by atoms with Crippen molar-refractivity contribution in [3.63, 3.8) is 0 Å². The van der Waals surface area contributed by atoms with Crippen molar-refractivity contribution < 1.29 is 0 Å². The molecule has 0 N–H and O–H groups in total. The molecule has 1 nitrogen and oxygen atoms in total. The van der Waals surface area contributed by atoms with Crippen LogP contribution in [0.15, 0.2) is 249 Å². The van der Waals surface area contributed by atoms with Gasteiger partial charge in [-0.3, -0.25) is 0 Å². The molecule has 278 valence electrons. The molecule has 0 saturated carbocycles. The van der Waals surface area contributed by atoms with Gasteiger partial charge in [-0.05, 0) is 108 Å². The maximum Gasteiger partial charge on any atom is 0.0540 e. The standard InChI is InChI=1S/C58H41N/c1-4-17-42(18-5-1)44-31-36-49(37-32-44)59(50-38-33-47(34-39-50)52-29-16-24-46-23-10-11-25-51(46)52)58-30-15-14-28-56(58)54-26-12-13-27-55(54)57-41-48(43-19-6-2-7-20-43)35-40-53(57)45-21-8-3-9-22-45/h1-41H. The second kappa shape index (κ2) is 16.0. The number of rotatable bonds is 9. The molecule has 0 saturated heterocycles. The van der Waals surface area contributed by atoms with Crippen LogP contribution in [0, 0.1) is 0 Å². The smallest absolute Gasteiger partial charge is 0.0540 e. The summed E-state index contributed by atoms with van der Waals surface area (Å²) >= 11 is 0. The second-order valence-electron chi connectivity index (χ2n) is 14.9. The Balaban J connectivity index is 1.14. The van der Waals surface area contributed by atoms with Crippen LogP contribution in [0.5, 0.6) is 0 Å². The highest BCUT2D eigenvalue weighted by atomic mass is 15.1. The predicted octanol–water partition coefficient (Wildman–Crippen LogP) is 16.3. The normalized spacial score (nSPS) is 11.1. The van der Waals surface area contributed by atoms with Gasteiger partial charge in [-0.15, -0.1) is 0 Å². The Hall–Kier alpha value is -7.74. The molecule has 1 heteroatoms. The number of hydrogen-bond donors (Lipinski definition) is 0. The largest absolute Gasteiger partial charge is 0.310 e. The number of nitrogens with zero attached hydrogens (tertiary/aromatic N) is 1. The third-order valence-electron chi connectivity index (χ3n) is 11.3. The van der Waals surface area contributed by atoms with Crippen molar-refractivity contribution in [1.82, 2.24) is 0 Å². The molecule has 10 aromatic rings. The highest BCUT2D eigenvalue weighted by molar-refractivity contribution is 5.99. The molecule has 0 aromatic heterocycles. The quantitative estimate of drug-likeness (QED) is 0.142. The fourth-order valence-corrected chi connectivity index (χ4v) is 8.42. The molecule has 0 atom stereocenters. The summed E-state index contributed by atoms with van der Waals surface area (Å²) in [6.45, 7) is 0. The second-order valence-corrected chi connectivity index (χ2v) is 14.9. The molecular weight excluding hydrogens is 711 g/mol. The van der Waals surface area contributed by atoms with E-state index in [1.807, 2.05) is 0 Å². The molecule has 59 heavy (non-hydrogen) atoms. The van der Waals surface area contributed by atoms with Crippen LogP contribution in [0.3, 0.4) is 0 Å². The van der Waals surface area contributed by atoms with E-state index in [0.717, 1.165) is 22.6 Å². The predicted molar refractivity (Wildman–Crippen MR) is 251 cm³/mol. The summed E-state index contributed by atoms with van der Waals surface area (Å²) in [5.74, 6) is 0. The van der Waals surface area contributed by atoms with E-state index < -0.39 is 0 Å². The zero-order valence-electron chi connectivity index (χ0n) is 32.6. The van der Waals surface area contributed by atoms with Crippen LogP contribution >= 0.6 is 0 Å². The fourth-order valence-electron chi connectivity index (χ4n) is 8.42. The summed E-state index contributed by atoms with van der Waals surface area (Å²) in [6.07, 6.45) is 0. The first-order valence-electron chi connectivity index (χ1n) is 20.3. The van der Waals surface area contributed by atoms with Gasteiger partial charge in [-0.2, -0.15) is 0 Å². The first kappa shape index (κ1) is 35.7. The zero-order valence-corrected chi connectivity index (χ0v) is 32.6. The lowest BCUT2D eigenvalue weighted by molar-refractivity contribution is 1.28. The van der Waals surface area contributed by atoms with E-state index >= 15 is 0 Å². The van der Waals surface area contributed by atoms with Gasteiger partial charge in [0.15, 0.2) is 0 Å². The molecular formula is C58H41N. The van der Waals surface area contributed by atoms with Gasteiger partial charge in [0, 0.05) is 16.9 Å². The van der Waals surface area contributed by atoms with Crippen molar-refractivity contribution in [3.05, 3.63) is 249 Å². The first-order chi connectivity index (χ1) is 29.3. The minimum atomic E-state index is 1.09. The molecule has 0 aliphatic carbocycles. The molecule has 0 fully saturated rings. The highest BCUT2D eigenvalue weighted by Gasteiger charge is 2.21. The maximum atomic E-state index is 2.41. The van der Waals surface area contributed by atoms with E-state index in [0.29, 0.717) is 0 Å². The van der Waals surface area contributed by atoms with Crippen molar-refractivity contribution in [3.8, 4) is 66.8 Å². The molecule has 0 amide bonds. The van der Waals surface area contributed by atoms with Crippen LogP contribution in [-0.2, 0) is 0 Å². The molecule has 0 heterocycles. The Bertz CT molecular complexity index is 3000. The molecule has 0 spiro atoms. The van der Waals surface area contributed by atoms with Gasteiger partial charge in [0.25, 0.3) is 0 Å². The van der Waals surface area contributed by atoms with Gasteiger partial charge < -0.3 is 4.90 Å². The Labute approximate surface area is 346 Å². The van der Waals surface area contributed by atoms with Crippen molar-refractivity contribution in [2.75, 3.05) is 4.90 Å². The Morgan fingerprint density at radius 3 is 1.31 bits per heavy atom. The molecule has 0 aliphatic heterocycles. The highest BCUT2D eigenvalue weighted by Crippen LogP contribution is 2.46. The lowest BCUT2D eigenvalue weighted by Gasteiger charge is -2.29. The number of fused-ring (bicyclic) bond motifs is 1. The summed E-state index contributed by atoms with van der Waals surface area (Å²) in [7, 11) is 0. The van der Waals surface area contributed by atoms with Crippen molar-refractivity contribution >= 4 is 27.8 Å². The van der Waals surface area contributed by atoms with Crippen LogP contribution in [0.1, 0.15) is 0 Å². The van der Waals surface area contributed by atoms with Crippen LogP contribution in [-0.4, -0.2) is 0 Å². The monoisotopic (exact) mass is 751 g/mol. The minimum absolute atomic E-state index is 1.09. The molecule has 0 unspecified atom stereocenters. The van der Waals surface area contributed by atoms with Crippen molar-refractivity contribution in [2.45, 2.75) is 0 Å². The van der Waals surface area contributed by atoms with Gasteiger partial charge in [0.05, 0.1) is 5.69 Å². The lowest BCUT2D eigenvalue weighted by Crippen LogP contribution is -2.11. The molecule has 10 aromatic carbocycles. The fraction of sp³-hybridized carbons (Fsp3) is 0. The Morgan fingerprint density at radius 1 is 0.220 bits per heavy atom. The number of anilines is 3. The maximum absolute atomic E-state index is 2.41. The van der Waals surface area contributed by atoms with E-state index in [4.69, 9.17) is 0 Å². The number of hydrogen-bond acceptors (Lipinski definition) is 1. The number of para-hydroxylation sites is 1. The number of benzene rings is 10. The van der Waals surface area contributed by atoms with E-state index in [-0.39, 0.29) is 0 Å². The van der Waals surface area contributed by atoms with E-state index in [1.165, 1.54) is 72.0 Å². The summed E-state index contributed by atoms with van der Waals surface area (Å²) in [4.78, 5) is 2.41. The Kier molecular flexibility index (Phi) is 9.68. The molecule has 10 rings (SSSR count). The van der Waals surface area contributed by atoms with Crippen LogP contribution in [0.25, 0.3) is 77.5 Å². The van der Waals surface area contributed by atoms with E-state index in [2.05, 4.69) is 254 Å². The zero-order chi connectivity index (χ0) is 39.4. The summed E-state index contributed by atoms with van der Waals surface area (Å²) < 4.78 is 0. The SMILES string of the molecule is c1ccc(-c2ccc(N(c3ccc(-c4cccc5ccccc45)cc3)c3ccccc3-c3ccccc3-c3cc(-c4ccccc4)ccc3-c3ccccc3)cc2)cc1. The van der Waals surface area contributed by atoms with Gasteiger partial charge >= 0.3 is 0 Å². The van der Waals surface area contributed by atoms with Gasteiger partial charge in [-0.25, -0.2) is 0 Å². The van der Waals surface area contributed by atoms with Crippen LogP contribution in [0.4, 0.5) is 17.1 Å². The van der Waals surface area contributed by atoms with Crippen molar-refractivity contribution in [2.24, 2.45) is 0 Å². The Morgan fingerprint density at radius 2 is 0.644 bits per heavy atom.